The van der Waals surface area contributed by atoms with Crippen molar-refractivity contribution in [1.29, 1.82) is 0 Å². The van der Waals surface area contributed by atoms with E-state index in [9.17, 15) is 0 Å². The van der Waals surface area contributed by atoms with Gasteiger partial charge >= 0.3 is 0 Å². The van der Waals surface area contributed by atoms with Crippen molar-refractivity contribution in [2.24, 2.45) is 7.05 Å². The van der Waals surface area contributed by atoms with Crippen LogP contribution in [0.4, 0.5) is 0 Å². The standard InChI is InChI=1S/C11H14N4S/c1-4-9-13-10(7(2)11(16)14-9)8-5-12-15(3)6-8/h5-6H,4H2,1-3H3,(H,13,14,16). The summed E-state index contributed by atoms with van der Waals surface area (Å²) in [5.41, 5.74) is 3.06. The molecule has 2 aromatic rings. The van der Waals surface area contributed by atoms with Gasteiger partial charge in [-0.25, -0.2) is 4.98 Å². The molecule has 0 spiro atoms. The highest BCUT2D eigenvalue weighted by molar-refractivity contribution is 7.71. The fraction of sp³-hybridized carbons (Fsp3) is 0.364. The molecule has 0 saturated heterocycles. The normalized spacial score (nSPS) is 10.7. The van der Waals surface area contributed by atoms with E-state index in [1.165, 1.54) is 0 Å². The topological polar surface area (TPSA) is 46.5 Å². The maximum absolute atomic E-state index is 5.24. The summed E-state index contributed by atoms with van der Waals surface area (Å²) in [6.07, 6.45) is 4.64. The van der Waals surface area contributed by atoms with Crippen LogP contribution in [-0.2, 0) is 13.5 Å². The molecule has 16 heavy (non-hydrogen) atoms. The molecular weight excluding hydrogens is 220 g/mol. The van der Waals surface area contributed by atoms with Crippen LogP contribution in [0.5, 0.6) is 0 Å². The van der Waals surface area contributed by atoms with Gasteiger partial charge in [0.2, 0.25) is 0 Å². The Labute approximate surface area is 99.4 Å². The maximum Gasteiger partial charge on any atom is 0.133 e. The lowest BCUT2D eigenvalue weighted by molar-refractivity contribution is 0.768. The van der Waals surface area contributed by atoms with Crippen LogP contribution in [0.25, 0.3) is 11.3 Å². The quantitative estimate of drug-likeness (QED) is 0.812. The minimum atomic E-state index is 0.662. The van der Waals surface area contributed by atoms with Crippen molar-refractivity contribution >= 4 is 12.2 Å². The van der Waals surface area contributed by atoms with E-state index in [0.29, 0.717) is 4.64 Å². The number of aromatic amines is 1. The molecule has 0 saturated carbocycles. The van der Waals surface area contributed by atoms with Gasteiger partial charge in [0.25, 0.3) is 0 Å². The van der Waals surface area contributed by atoms with Gasteiger partial charge in [0.15, 0.2) is 0 Å². The van der Waals surface area contributed by atoms with E-state index >= 15 is 0 Å². The predicted molar refractivity (Wildman–Crippen MR) is 65.7 cm³/mol. The lowest BCUT2D eigenvalue weighted by atomic mass is 10.1. The minimum absolute atomic E-state index is 0.662. The van der Waals surface area contributed by atoms with E-state index in [4.69, 9.17) is 12.2 Å². The molecule has 1 N–H and O–H groups in total. The first-order chi connectivity index (χ1) is 7.61. The average molecular weight is 234 g/mol. The van der Waals surface area contributed by atoms with Gasteiger partial charge in [0.05, 0.1) is 11.9 Å². The van der Waals surface area contributed by atoms with Crippen molar-refractivity contribution in [2.45, 2.75) is 20.3 Å². The summed E-state index contributed by atoms with van der Waals surface area (Å²) >= 11 is 5.24. The van der Waals surface area contributed by atoms with Gasteiger partial charge in [-0.1, -0.05) is 19.1 Å². The van der Waals surface area contributed by atoms with Crippen LogP contribution < -0.4 is 0 Å². The smallest absolute Gasteiger partial charge is 0.133 e. The Balaban J connectivity index is 2.64. The first-order valence-corrected chi connectivity index (χ1v) is 5.61. The van der Waals surface area contributed by atoms with Crippen molar-refractivity contribution < 1.29 is 0 Å². The lowest BCUT2D eigenvalue weighted by Crippen LogP contribution is -1.98. The summed E-state index contributed by atoms with van der Waals surface area (Å²) in [5, 5.41) is 4.16. The maximum atomic E-state index is 5.24. The fourth-order valence-electron chi connectivity index (χ4n) is 1.59. The number of aryl methyl sites for hydroxylation is 2. The molecule has 0 aliphatic rings. The van der Waals surface area contributed by atoms with Crippen molar-refractivity contribution in [3.63, 3.8) is 0 Å². The largest absolute Gasteiger partial charge is 0.343 e. The van der Waals surface area contributed by atoms with E-state index in [-0.39, 0.29) is 0 Å². The summed E-state index contributed by atoms with van der Waals surface area (Å²) in [6.45, 7) is 4.03. The second kappa shape index (κ2) is 4.17. The molecule has 4 nitrogen and oxygen atoms in total. The van der Waals surface area contributed by atoms with Crippen LogP contribution in [0.15, 0.2) is 12.4 Å². The van der Waals surface area contributed by atoms with Crippen molar-refractivity contribution in [3.05, 3.63) is 28.4 Å². The number of nitrogens with one attached hydrogen (secondary N) is 1. The summed E-state index contributed by atoms with van der Waals surface area (Å²) in [4.78, 5) is 7.62. The number of hydrogen-bond donors (Lipinski definition) is 1. The van der Waals surface area contributed by atoms with Gasteiger partial charge in [-0.15, -0.1) is 0 Å². The Morgan fingerprint density at radius 3 is 2.81 bits per heavy atom. The highest BCUT2D eigenvalue weighted by Crippen LogP contribution is 2.20. The van der Waals surface area contributed by atoms with E-state index in [2.05, 4.69) is 22.0 Å². The molecule has 0 amide bonds. The zero-order valence-electron chi connectivity index (χ0n) is 9.61. The Hall–Kier alpha value is -1.49. The molecule has 2 heterocycles. The number of H-pyrrole nitrogens is 1. The van der Waals surface area contributed by atoms with Crippen molar-refractivity contribution in [2.75, 3.05) is 0 Å². The number of hydrogen-bond acceptors (Lipinski definition) is 3. The summed E-state index contributed by atoms with van der Waals surface area (Å²) in [6, 6.07) is 0. The van der Waals surface area contributed by atoms with Gasteiger partial charge in [-0.05, 0) is 6.92 Å². The molecule has 5 heteroatoms. The van der Waals surface area contributed by atoms with Gasteiger partial charge in [0.1, 0.15) is 10.5 Å². The Kier molecular flexibility index (Phi) is 2.87. The Morgan fingerprint density at radius 1 is 1.50 bits per heavy atom. The Morgan fingerprint density at radius 2 is 2.25 bits per heavy atom. The molecule has 0 fully saturated rings. The molecular formula is C11H14N4S. The van der Waals surface area contributed by atoms with Crippen LogP contribution >= 0.6 is 12.2 Å². The summed E-state index contributed by atoms with van der Waals surface area (Å²) < 4.78 is 2.44. The van der Waals surface area contributed by atoms with E-state index in [1.807, 2.05) is 26.4 Å². The van der Waals surface area contributed by atoms with Gasteiger partial charge in [0, 0.05) is 30.8 Å². The second-order valence-electron chi connectivity index (χ2n) is 3.74. The molecule has 0 unspecified atom stereocenters. The minimum Gasteiger partial charge on any atom is -0.343 e. The number of rotatable bonds is 2. The molecule has 0 aliphatic heterocycles. The molecule has 0 radical (unpaired) electrons. The third kappa shape index (κ3) is 1.90. The lowest BCUT2D eigenvalue weighted by Gasteiger charge is -2.06. The molecule has 2 aromatic heterocycles. The monoisotopic (exact) mass is 234 g/mol. The zero-order chi connectivity index (χ0) is 11.7. The van der Waals surface area contributed by atoms with E-state index < -0.39 is 0 Å². The molecule has 0 aliphatic carbocycles. The van der Waals surface area contributed by atoms with Crippen LogP contribution in [0.1, 0.15) is 18.3 Å². The summed E-state index contributed by atoms with van der Waals surface area (Å²) in [7, 11) is 1.90. The molecule has 0 atom stereocenters. The number of aromatic nitrogens is 4. The van der Waals surface area contributed by atoms with Gasteiger partial charge in [-0.2, -0.15) is 5.10 Å². The first kappa shape index (κ1) is 11.0. The average Bonchev–Trinajstić information content (AvgIpc) is 2.68. The third-order valence-electron chi connectivity index (χ3n) is 2.53. The SMILES string of the molecule is CCc1nc(=S)c(C)c(-c2cnn(C)c2)[nH]1. The van der Waals surface area contributed by atoms with E-state index in [1.54, 1.807) is 4.68 Å². The third-order valence-corrected chi connectivity index (χ3v) is 2.93. The van der Waals surface area contributed by atoms with Crippen LogP contribution in [0.2, 0.25) is 0 Å². The van der Waals surface area contributed by atoms with Gasteiger partial charge < -0.3 is 4.98 Å². The van der Waals surface area contributed by atoms with Crippen LogP contribution in [0.3, 0.4) is 0 Å². The molecule has 2 rings (SSSR count). The highest BCUT2D eigenvalue weighted by Gasteiger charge is 2.08. The van der Waals surface area contributed by atoms with Crippen molar-refractivity contribution in [1.82, 2.24) is 19.7 Å². The first-order valence-electron chi connectivity index (χ1n) is 5.20. The fourth-order valence-corrected chi connectivity index (χ4v) is 1.80. The zero-order valence-corrected chi connectivity index (χ0v) is 10.4. The van der Waals surface area contributed by atoms with Crippen molar-refractivity contribution in [3.8, 4) is 11.3 Å². The van der Waals surface area contributed by atoms with E-state index in [0.717, 1.165) is 29.1 Å². The Bertz CT molecular complexity index is 568. The molecule has 0 bridgehead atoms. The van der Waals surface area contributed by atoms with Crippen LogP contribution in [-0.4, -0.2) is 19.7 Å². The van der Waals surface area contributed by atoms with Gasteiger partial charge in [-0.3, -0.25) is 4.68 Å². The molecule has 0 aromatic carbocycles. The summed E-state index contributed by atoms with van der Waals surface area (Å²) in [5.74, 6) is 0.912. The van der Waals surface area contributed by atoms with Crippen LogP contribution in [0, 0.1) is 11.6 Å². The molecule has 84 valence electrons. The highest BCUT2D eigenvalue weighted by atomic mass is 32.1. The second-order valence-corrected chi connectivity index (χ2v) is 4.13. The number of nitrogens with zero attached hydrogens (tertiary/aromatic N) is 3. The predicted octanol–water partition coefficient (Wildman–Crippen LogP) is 2.41.